The molecule has 4 rings (SSSR count). The van der Waals surface area contributed by atoms with Gasteiger partial charge in [0.1, 0.15) is 18.1 Å². The lowest BCUT2D eigenvalue weighted by atomic mass is 10.1. The molecule has 28 heavy (non-hydrogen) atoms. The Morgan fingerprint density at radius 3 is 2.54 bits per heavy atom. The molecule has 1 unspecified atom stereocenters. The molecule has 1 aliphatic rings. The Bertz CT molecular complexity index is 1000. The molecule has 0 radical (unpaired) electrons. The van der Waals surface area contributed by atoms with Gasteiger partial charge in [-0.15, -0.1) is 0 Å². The Labute approximate surface area is 162 Å². The summed E-state index contributed by atoms with van der Waals surface area (Å²) in [7, 11) is 0. The first-order valence-corrected chi connectivity index (χ1v) is 9.00. The van der Waals surface area contributed by atoms with Crippen molar-refractivity contribution in [3.63, 3.8) is 0 Å². The summed E-state index contributed by atoms with van der Waals surface area (Å²) in [5.41, 5.74) is 2.61. The first-order chi connectivity index (χ1) is 13.6. The van der Waals surface area contributed by atoms with Crippen LogP contribution < -0.4 is 15.0 Å². The molecule has 140 valence electrons. The largest absolute Gasteiger partial charge is 0.479 e. The maximum atomic E-state index is 12.5. The molecule has 6 nitrogen and oxygen atoms in total. The van der Waals surface area contributed by atoms with Crippen molar-refractivity contribution in [2.75, 3.05) is 16.8 Å². The Kier molecular flexibility index (Phi) is 4.76. The van der Waals surface area contributed by atoms with Crippen molar-refractivity contribution in [2.45, 2.75) is 13.0 Å². The molecule has 1 aliphatic heterocycles. The summed E-state index contributed by atoms with van der Waals surface area (Å²) < 4.78 is 5.59. The smallest absolute Gasteiger partial charge is 0.268 e. The fraction of sp³-hybridized carbons (Fsp3) is 0.136. The number of hydrogen-bond donors (Lipinski definition) is 1. The summed E-state index contributed by atoms with van der Waals surface area (Å²) in [5.74, 6) is 0.456. The number of nitrogens with zero attached hydrogens (tertiary/aromatic N) is 2. The summed E-state index contributed by atoms with van der Waals surface area (Å²) in [6, 6.07) is 20.7. The second-order valence-corrected chi connectivity index (χ2v) is 6.50. The van der Waals surface area contributed by atoms with Gasteiger partial charge in [-0.25, -0.2) is 4.98 Å². The average molecular weight is 373 g/mol. The third-order valence-corrected chi connectivity index (χ3v) is 4.51. The molecule has 0 fully saturated rings. The fourth-order valence-electron chi connectivity index (χ4n) is 3.12. The van der Waals surface area contributed by atoms with E-state index in [4.69, 9.17) is 4.74 Å². The third-order valence-electron chi connectivity index (χ3n) is 4.51. The van der Waals surface area contributed by atoms with Crippen LogP contribution in [0, 0.1) is 0 Å². The van der Waals surface area contributed by atoms with E-state index in [-0.39, 0.29) is 18.4 Å². The molecular formula is C22H19N3O3. The molecule has 0 aliphatic carbocycles. The van der Waals surface area contributed by atoms with Crippen LogP contribution in [0.15, 0.2) is 72.9 Å². The predicted molar refractivity (Wildman–Crippen MR) is 107 cm³/mol. The Morgan fingerprint density at radius 2 is 1.79 bits per heavy atom. The van der Waals surface area contributed by atoms with Gasteiger partial charge < -0.3 is 10.1 Å². The van der Waals surface area contributed by atoms with E-state index in [1.165, 1.54) is 4.90 Å². The summed E-state index contributed by atoms with van der Waals surface area (Å²) in [4.78, 5) is 30.7. The van der Waals surface area contributed by atoms with Crippen LogP contribution in [-0.2, 0) is 9.59 Å². The van der Waals surface area contributed by atoms with Gasteiger partial charge in [-0.05, 0) is 36.8 Å². The summed E-state index contributed by atoms with van der Waals surface area (Å²) in [5, 5.41) is 2.75. The predicted octanol–water partition coefficient (Wildman–Crippen LogP) is 3.50. The molecule has 0 saturated carbocycles. The van der Waals surface area contributed by atoms with Crippen molar-refractivity contribution < 1.29 is 14.3 Å². The number of nitrogens with one attached hydrogen (secondary N) is 1. The van der Waals surface area contributed by atoms with Crippen LogP contribution in [0.4, 0.5) is 11.5 Å². The maximum absolute atomic E-state index is 12.5. The fourth-order valence-corrected chi connectivity index (χ4v) is 3.12. The van der Waals surface area contributed by atoms with Crippen LogP contribution in [0.1, 0.15) is 6.92 Å². The highest BCUT2D eigenvalue weighted by Gasteiger charge is 2.32. The monoisotopic (exact) mass is 373 g/mol. The maximum Gasteiger partial charge on any atom is 0.268 e. The minimum atomic E-state index is -0.633. The van der Waals surface area contributed by atoms with Crippen LogP contribution in [-0.4, -0.2) is 29.4 Å². The lowest BCUT2D eigenvalue weighted by Crippen LogP contribution is -2.47. The number of hydrogen-bond acceptors (Lipinski definition) is 4. The average Bonchev–Trinajstić information content (AvgIpc) is 2.72. The van der Waals surface area contributed by atoms with Gasteiger partial charge in [-0.3, -0.25) is 14.5 Å². The van der Waals surface area contributed by atoms with E-state index in [9.17, 15) is 9.59 Å². The van der Waals surface area contributed by atoms with Crippen LogP contribution in [0.25, 0.3) is 11.1 Å². The van der Waals surface area contributed by atoms with Crippen molar-refractivity contribution in [1.29, 1.82) is 0 Å². The highest BCUT2D eigenvalue weighted by Crippen LogP contribution is 2.33. The Morgan fingerprint density at radius 1 is 1.04 bits per heavy atom. The molecule has 3 aromatic rings. The molecule has 2 heterocycles. The number of benzene rings is 2. The van der Waals surface area contributed by atoms with Crippen molar-refractivity contribution in [2.24, 2.45) is 0 Å². The molecule has 2 aromatic carbocycles. The van der Waals surface area contributed by atoms with Gasteiger partial charge in [0, 0.05) is 11.8 Å². The Hall–Kier alpha value is -3.67. The second-order valence-electron chi connectivity index (χ2n) is 6.50. The van der Waals surface area contributed by atoms with Gasteiger partial charge >= 0.3 is 0 Å². The normalized spacial score (nSPS) is 15.5. The van der Waals surface area contributed by atoms with Crippen LogP contribution >= 0.6 is 0 Å². The number of ether oxygens (including phenoxy) is 1. The van der Waals surface area contributed by atoms with Gasteiger partial charge in [0.2, 0.25) is 5.91 Å². The van der Waals surface area contributed by atoms with E-state index < -0.39 is 6.10 Å². The van der Waals surface area contributed by atoms with Crippen molar-refractivity contribution >= 4 is 23.3 Å². The topological polar surface area (TPSA) is 71.5 Å². The highest BCUT2D eigenvalue weighted by atomic mass is 16.5. The summed E-state index contributed by atoms with van der Waals surface area (Å²) >= 11 is 0. The van der Waals surface area contributed by atoms with E-state index in [2.05, 4.69) is 10.3 Å². The Balaban J connectivity index is 1.47. The molecule has 2 amide bonds. The summed E-state index contributed by atoms with van der Waals surface area (Å²) in [6.45, 7) is 1.57. The van der Waals surface area contributed by atoms with Crippen LogP contribution in [0.3, 0.4) is 0 Å². The van der Waals surface area contributed by atoms with Crippen molar-refractivity contribution in [3.05, 3.63) is 72.9 Å². The molecule has 1 atom stereocenters. The van der Waals surface area contributed by atoms with Crippen molar-refractivity contribution in [3.8, 4) is 16.9 Å². The first kappa shape index (κ1) is 17.7. The van der Waals surface area contributed by atoms with Crippen LogP contribution in [0.2, 0.25) is 0 Å². The van der Waals surface area contributed by atoms with E-state index in [0.717, 1.165) is 11.1 Å². The van der Waals surface area contributed by atoms with Gasteiger partial charge in [-0.1, -0.05) is 42.5 Å². The molecular weight excluding hydrogens is 354 g/mol. The highest BCUT2D eigenvalue weighted by molar-refractivity contribution is 6.05. The van der Waals surface area contributed by atoms with Gasteiger partial charge in [0.25, 0.3) is 5.91 Å². The number of aromatic nitrogens is 1. The zero-order valence-electron chi connectivity index (χ0n) is 15.3. The molecule has 1 aromatic heterocycles. The minimum absolute atomic E-state index is 0.105. The number of rotatable bonds is 4. The number of para-hydroxylation sites is 2. The minimum Gasteiger partial charge on any atom is -0.479 e. The first-order valence-electron chi connectivity index (χ1n) is 9.00. The molecule has 1 N–H and O–H groups in total. The number of fused-ring (bicyclic) bond motifs is 1. The van der Waals surface area contributed by atoms with Crippen molar-refractivity contribution in [1.82, 2.24) is 4.98 Å². The third kappa shape index (κ3) is 3.57. The quantitative estimate of drug-likeness (QED) is 0.760. The van der Waals surface area contributed by atoms with Crippen LogP contribution in [0.5, 0.6) is 5.75 Å². The lowest BCUT2D eigenvalue weighted by molar-refractivity contribution is -0.127. The second kappa shape index (κ2) is 7.52. The zero-order valence-corrected chi connectivity index (χ0v) is 15.3. The molecule has 0 saturated heterocycles. The molecule has 0 bridgehead atoms. The number of carbonyl (C=O) groups excluding carboxylic acids is 2. The molecule has 6 heteroatoms. The number of pyridine rings is 1. The zero-order chi connectivity index (χ0) is 19.5. The van der Waals surface area contributed by atoms with E-state index in [1.54, 1.807) is 37.4 Å². The van der Waals surface area contributed by atoms with E-state index in [1.807, 2.05) is 42.5 Å². The number of amides is 2. The van der Waals surface area contributed by atoms with Gasteiger partial charge in [-0.2, -0.15) is 0 Å². The standard InChI is InChI=1S/C22H19N3O3/c1-15-22(27)25(18-9-5-6-10-19(18)28-15)14-21(26)24-20-12-11-17(13-23-20)16-7-3-2-4-8-16/h2-13,15H,14H2,1H3,(H,23,24,26). The van der Waals surface area contributed by atoms with E-state index in [0.29, 0.717) is 17.3 Å². The number of anilines is 2. The SMILES string of the molecule is CC1Oc2ccccc2N(CC(=O)Nc2ccc(-c3ccccc3)cn2)C1=O. The lowest BCUT2D eigenvalue weighted by Gasteiger charge is -2.32. The number of carbonyl (C=O) groups is 2. The van der Waals surface area contributed by atoms with E-state index >= 15 is 0 Å². The van der Waals surface area contributed by atoms with Gasteiger partial charge in [0.15, 0.2) is 6.10 Å². The van der Waals surface area contributed by atoms with Gasteiger partial charge in [0.05, 0.1) is 5.69 Å². The summed E-state index contributed by atoms with van der Waals surface area (Å²) in [6.07, 6.45) is 1.08. The molecule has 0 spiro atoms.